The Kier molecular flexibility index (Phi) is 20.4. The Morgan fingerprint density at radius 2 is 1.90 bits per heavy atom. The number of carbonyl (C=O) groups excluding carboxylic acids is 4. The molecule has 0 bridgehead atoms. The number of aliphatic hydroxyl groups excluding tert-OH is 1. The van der Waals surface area contributed by atoms with Crippen LogP contribution in [0.4, 0.5) is 0 Å². The first-order valence-electron chi connectivity index (χ1n) is 16.2. The van der Waals surface area contributed by atoms with Crippen LogP contribution in [0.3, 0.4) is 0 Å². The fraction of sp³-hybridized carbons (Fsp3) is 0.486. The van der Waals surface area contributed by atoms with E-state index >= 15 is 0 Å². The lowest BCUT2D eigenvalue weighted by atomic mass is 10.0. The second kappa shape index (κ2) is 23.7. The third kappa shape index (κ3) is 14.4. The molecule has 1 heterocycles. The smallest absolute Gasteiger partial charge is 0.255 e. The van der Waals surface area contributed by atoms with Crippen molar-refractivity contribution in [2.75, 3.05) is 46.9 Å². The van der Waals surface area contributed by atoms with Gasteiger partial charge in [0, 0.05) is 51.3 Å². The number of ether oxygens (including phenoxy) is 1. The second-order valence-electron chi connectivity index (χ2n) is 10.9. The second-order valence-corrected chi connectivity index (χ2v) is 10.9. The van der Waals surface area contributed by atoms with Crippen LogP contribution in [0.15, 0.2) is 75.6 Å². The molecule has 0 saturated carbocycles. The topological polar surface area (TPSA) is 182 Å². The maximum atomic E-state index is 12.7. The van der Waals surface area contributed by atoms with Crippen molar-refractivity contribution >= 4 is 37.2 Å². The molecule has 1 aliphatic heterocycles. The molecule has 13 nitrogen and oxygen atoms in total. The highest BCUT2D eigenvalue weighted by molar-refractivity contribution is 5.86. The Morgan fingerprint density at radius 3 is 2.46 bits per heavy atom. The van der Waals surface area contributed by atoms with Crippen LogP contribution >= 0.6 is 0 Å². The lowest BCUT2D eigenvalue weighted by Crippen LogP contribution is -2.47. The van der Waals surface area contributed by atoms with Crippen LogP contribution in [0.25, 0.3) is 0 Å². The highest BCUT2D eigenvalue weighted by atomic mass is 16.5. The largest absolute Gasteiger partial charge is 0.390 e. The van der Waals surface area contributed by atoms with Gasteiger partial charge in [0.1, 0.15) is 0 Å². The van der Waals surface area contributed by atoms with Gasteiger partial charge in [0.2, 0.25) is 18.7 Å². The summed E-state index contributed by atoms with van der Waals surface area (Å²) in [5.74, 6) is -0.544. The van der Waals surface area contributed by atoms with E-state index in [1.54, 1.807) is 30.0 Å². The molecule has 5 N–H and O–H groups in total. The first-order chi connectivity index (χ1) is 23.1. The van der Waals surface area contributed by atoms with Crippen molar-refractivity contribution in [3.8, 4) is 0 Å². The average Bonchev–Trinajstić information content (AvgIpc) is 3.47. The lowest BCUT2D eigenvalue weighted by molar-refractivity contribution is -0.138. The standard InChI is InChI=1S/C27H37N3O4.C6H10N2O2.C2H6N2/c1-4-20-10-7-8-13-24(16-20)30(19-31)14-15-34-25(6-3)26(32)27(33)29-23-12-9-11-21(5-2)22(17-23)18-28;1-7-2-3-8(5-9)4-6(7)10;1-4-2-3/h7,10-13,16-19,25-26,28,32H,4-6,8-9,14-15H2,1-3H3,(H,29,33);5H,2-4H2,1H3;2H,1H3,(H2,3,4)/t25-,26+;;/m0../s1. The number of piperazine rings is 1. The van der Waals surface area contributed by atoms with Gasteiger partial charge in [-0.05, 0) is 61.0 Å². The Labute approximate surface area is 284 Å². The molecule has 3 rings (SSSR count). The van der Waals surface area contributed by atoms with Gasteiger partial charge in [-0.1, -0.05) is 51.2 Å². The fourth-order valence-corrected chi connectivity index (χ4v) is 4.69. The molecule has 0 spiro atoms. The predicted molar refractivity (Wildman–Crippen MR) is 189 cm³/mol. The van der Waals surface area contributed by atoms with E-state index in [1.807, 2.05) is 38.2 Å². The Morgan fingerprint density at radius 1 is 1.17 bits per heavy atom. The molecule has 3 aliphatic rings. The van der Waals surface area contributed by atoms with Crippen LogP contribution in [0.5, 0.6) is 0 Å². The number of carbonyl (C=O) groups is 4. The zero-order valence-electron chi connectivity index (χ0n) is 28.9. The van der Waals surface area contributed by atoms with E-state index in [1.165, 1.54) is 17.5 Å². The molecule has 1 saturated heterocycles. The van der Waals surface area contributed by atoms with Crippen LogP contribution in [-0.4, -0.2) is 116 Å². The highest BCUT2D eigenvalue weighted by Crippen LogP contribution is 2.19. The molecule has 2 aliphatic carbocycles. The molecular formula is C35H53N7O6. The van der Waals surface area contributed by atoms with Gasteiger partial charge in [-0.15, -0.1) is 0 Å². The zero-order chi connectivity index (χ0) is 35.9. The van der Waals surface area contributed by atoms with Crippen molar-refractivity contribution in [2.45, 2.75) is 65.1 Å². The molecule has 0 unspecified atom stereocenters. The number of amides is 4. The van der Waals surface area contributed by atoms with Gasteiger partial charge in [-0.2, -0.15) is 0 Å². The number of allylic oxidation sites excluding steroid dienone is 10. The van der Waals surface area contributed by atoms with Gasteiger partial charge in [-0.3, -0.25) is 24.2 Å². The number of rotatable bonds is 14. The number of likely N-dealkylation sites (N-methyl/N-ethyl adjacent to an activating group) is 1. The lowest BCUT2D eigenvalue weighted by Gasteiger charge is -2.28. The maximum Gasteiger partial charge on any atom is 0.255 e. The summed E-state index contributed by atoms with van der Waals surface area (Å²) in [6.45, 7) is 7.97. The van der Waals surface area contributed by atoms with Gasteiger partial charge in [0.05, 0.1) is 25.6 Å². The minimum atomic E-state index is -1.36. The number of aliphatic imine (C=N–C) groups is 1. The van der Waals surface area contributed by atoms with E-state index in [-0.39, 0.29) is 19.1 Å². The number of nitrogens with zero attached hydrogens (tertiary/aromatic N) is 4. The first kappa shape index (κ1) is 41.4. The number of hydrogen-bond acceptors (Lipinski definition) is 8. The molecular weight excluding hydrogens is 614 g/mol. The zero-order valence-corrected chi connectivity index (χ0v) is 28.9. The van der Waals surface area contributed by atoms with Gasteiger partial charge in [-0.25, -0.2) is 0 Å². The minimum absolute atomic E-state index is 0.0124. The quantitative estimate of drug-likeness (QED) is 0.125. The van der Waals surface area contributed by atoms with Crippen molar-refractivity contribution in [3.05, 3.63) is 70.6 Å². The van der Waals surface area contributed by atoms with Gasteiger partial charge >= 0.3 is 0 Å². The summed E-state index contributed by atoms with van der Waals surface area (Å²) in [7, 11) is 3.37. The van der Waals surface area contributed by atoms with E-state index in [2.05, 4.69) is 29.4 Å². The van der Waals surface area contributed by atoms with E-state index in [9.17, 15) is 24.3 Å². The molecule has 13 heteroatoms. The van der Waals surface area contributed by atoms with Gasteiger partial charge in [0.15, 0.2) is 6.10 Å². The van der Waals surface area contributed by atoms with E-state index in [4.69, 9.17) is 15.9 Å². The van der Waals surface area contributed by atoms with Crippen LogP contribution < -0.4 is 11.1 Å². The molecule has 48 heavy (non-hydrogen) atoms. The van der Waals surface area contributed by atoms with E-state index < -0.39 is 18.1 Å². The third-order valence-corrected chi connectivity index (χ3v) is 7.66. The van der Waals surface area contributed by atoms with Crippen LogP contribution in [0, 0.1) is 5.41 Å². The summed E-state index contributed by atoms with van der Waals surface area (Å²) in [6.07, 6.45) is 19.2. The van der Waals surface area contributed by atoms with Crippen molar-refractivity contribution in [1.29, 1.82) is 5.41 Å². The molecule has 0 aromatic heterocycles. The summed E-state index contributed by atoms with van der Waals surface area (Å²) >= 11 is 0. The highest BCUT2D eigenvalue weighted by Gasteiger charge is 2.26. The summed E-state index contributed by atoms with van der Waals surface area (Å²) in [5, 5.41) is 21.0. The number of hydrogen-bond donors (Lipinski definition) is 4. The van der Waals surface area contributed by atoms with Gasteiger partial charge in [0.25, 0.3) is 5.91 Å². The molecule has 2 atom stereocenters. The Bertz CT molecular complexity index is 1290. The van der Waals surface area contributed by atoms with Crippen molar-refractivity contribution in [1.82, 2.24) is 20.0 Å². The summed E-state index contributed by atoms with van der Waals surface area (Å²) in [6, 6.07) is 0. The van der Waals surface area contributed by atoms with Crippen molar-refractivity contribution in [3.63, 3.8) is 0 Å². The van der Waals surface area contributed by atoms with E-state index in [0.29, 0.717) is 44.6 Å². The number of nitrogens with two attached hydrogens (primary N) is 1. The molecule has 0 aromatic rings. The first-order valence-corrected chi connectivity index (χ1v) is 16.2. The fourth-order valence-electron chi connectivity index (χ4n) is 4.69. The normalized spacial score (nSPS) is 17.3. The Hall–Kier alpha value is -4.62. The van der Waals surface area contributed by atoms with Crippen LogP contribution in [0.2, 0.25) is 0 Å². The molecule has 264 valence electrons. The molecule has 4 amide bonds. The minimum Gasteiger partial charge on any atom is -0.390 e. The summed E-state index contributed by atoms with van der Waals surface area (Å²) in [5.41, 5.74) is 9.04. The van der Waals surface area contributed by atoms with Crippen molar-refractivity contribution < 1.29 is 29.0 Å². The number of aliphatic hydroxyl groups is 1. The van der Waals surface area contributed by atoms with Gasteiger partial charge < -0.3 is 41.0 Å². The van der Waals surface area contributed by atoms with Crippen LogP contribution in [-0.2, 0) is 23.9 Å². The Balaban J connectivity index is 0.000000680. The molecule has 0 radical (unpaired) electrons. The average molecular weight is 668 g/mol. The number of nitrogens with one attached hydrogen (secondary N) is 2. The summed E-state index contributed by atoms with van der Waals surface area (Å²) < 4.78 is 5.82. The maximum absolute atomic E-state index is 12.7. The van der Waals surface area contributed by atoms with E-state index in [0.717, 1.165) is 48.1 Å². The van der Waals surface area contributed by atoms with Crippen LogP contribution in [0.1, 0.15) is 52.9 Å². The molecule has 1 fully saturated rings. The monoisotopic (exact) mass is 667 g/mol. The predicted octanol–water partition coefficient (Wildman–Crippen LogP) is 2.62. The van der Waals surface area contributed by atoms with Crippen molar-refractivity contribution in [2.24, 2.45) is 10.7 Å². The third-order valence-electron chi connectivity index (χ3n) is 7.66. The molecule has 0 aromatic carbocycles. The summed E-state index contributed by atoms with van der Waals surface area (Å²) in [4.78, 5) is 53.5. The SMILES string of the molecule is CCC1=CC(N(C=O)CCO[C@@H](CC)[C@@H](O)C(=O)NC2=CCC=C(CC)C(C=N)=C2)=CCC=C1.CN1CCN(C=O)CC1=O.CN=CN.